The summed E-state index contributed by atoms with van der Waals surface area (Å²) < 4.78 is 0. The lowest BCUT2D eigenvalue weighted by Gasteiger charge is -2.22. The summed E-state index contributed by atoms with van der Waals surface area (Å²) in [5.74, 6) is 1.74. The molecule has 1 aromatic carbocycles. The zero-order valence-electron chi connectivity index (χ0n) is 12.3. The van der Waals surface area contributed by atoms with E-state index in [2.05, 4.69) is 43.3 Å². The first-order valence-corrected chi connectivity index (χ1v) is 7.39. The predicted octanol–water partition coefficient (Wildman–Crippen LogP) is 4.68. The Morgan fingerprint density at radius 3 is 2.90 bits per heavy atom. The molecule has 0 saturated heterocycles. The molecule has 2 nitrogen and oxygen atoms in total. The largest absolute Gasteiger partial charge is 0.269 e. The number of allylic oxidation sites excluding steroid dienone is 1. The van der Waals surface area contributed by atoms with Crippen molar-refractivity contribution in [1.29, 1.82) is 5.26 Å². The Balaban J connectivity index is 1.88. The summed E-state index contributed by atoms with van der Waals surface area (Å²) in [6.07, 6.45) is 9.60. The highest BCUT2D eigenvalue weighted by molar-refractivity contribution is 5.63. The quantitative estimate of drug-likeness (QED) is 0.762. The first kappa shape index (κ1) is 14.5. The molecule has 2 heteroatoms. The van der Waals surface area contributed by atoms with E-state index in [0.717, 1.165) is 18.4 Å². The maximum absolute atomic E-state index is 8.96. The van der Waals surface area contributed by atoms with Gasteiger partial charge in [0.05, 0.1) is 11.6 Å². The van der Waals surface area contributed by atoms with E-state index < -0.39 is 0 Å². The minimum Gasteiger partial charge on any atom is -0.269 e. The van der Waals surface area contributed by atoms with Gasteiger partial charge in [-0.25, -0.2) is 0 Å². The highest BCUT2D eigenvalue weighted by Crippen LogP contribution is 2.28. The van der Waals surface area contributed by atoms with Crippen LogP contribution in [-0.2, 0) is 0 Å². The molecule has 0 fully saturated rings. The van der Waals surface area contributed by atoms with Gasteiger partial charge in [0.25, 0.3) is 0 Å². The monoisotopic (exact) mass is 266 g/mol. The summed E-state index contributed by atoms with van der Waals surface area (Å²) in [6.45, 7) is 4.56. The molecule has 0 bridgehead atoms. The van der Waals surface area contributed by atoms with Gasteiger partial charge >= 0.3 is 0 Å². The summed E-state index contributed by atoms with van der Waals surface area (Å²) in [5, 5.41) is 8.96. The van der Waals surface area contributed by atoms with Crippen LogP contribution in [0.4, 0.5) is 0 Å². The lowest BCUT2D eigenvalue weighted by molar-refractivity contribution is 0.403. The standard InChI is InChI=1S/C18H22N2/c1-14(17-6-3-5-16(11-17)12-19)8-9-15(2)18-7-4-10-20-13-18/h3-6,10-11,13-15,18H,7-9H2,1-2H3. The van der Waals surface area contributed by atoms with Gasteiger partial charge in [0.1, 0.15) is 0 Å². The fourth-order valence-electron chi connectivity index (χ4n) is 2.69. The molecule has 20 heavy (non-hydrogen) atoms. The Morgan fingerprint density at radius 1 is 1.35 bits per heavy atom. The van der Waals surface area contributed by atoms with Crippen molar-refractivity contribution in [3.05, 3.63) is 47.7 Å². The number of nitrogens with zero attached hydrogens (tertiary/aromatic N) is 2. The number of aliphatic imine (C=N–C) groups is 1. The van der Waals surface area contributed by atoms with Crippen LogP contribution in [0.25, 0.3) is 0 Å². The van der Waals surface area contributed by atoms with E-state index in [1.807, 2.05) is 24.4 Å². The molecule has 0 N–H and O–H groups in total. The summed E-state index contributed by atoms with van der Waals surface area (Å²) >= 11 is 0. The first-order chi connectivity index (χ1) is 9.70. The summed E-state index contributed by atoms with van der Waals surface area (Å²) in [6, 6.07) is 10.2. The van der Waals surface area contributed by atoms with Crippen molar-refractivity contribution in [2.24, 2.45) is 16.8 Å². The van der Waals surface area contributed by atoms with Gasteiger partial charge < -0.3 is 0 Å². The van der Waals surface area contributed by atoms with Gasteiger partial charge in [0.2, 0.25) is 0 Å². The minimum atomic E-state index is 0.502. The second-order valence-electron chi connectivity index (χ2n) is 5.78. The van der Waals surface area contributed by atoms with Gasteiger partial charge in [-0.2, -0.15) is 5.26 Å². The number of nitriles is 1. The Hall–Kier alpha value is -1.88. The van der Waals surface area contributed by atoms with Crippen LogP contribution in [0, 0.1) is 23.2 Å². The molecule has 2 rings (SSSR count). The molecule has 0 saturated carbocycles. The van der Waals surface area contributed by atoms with Gasteiger partial charge in [0, 0.05) is 18.3 Å². The molecule has 1 aliphatic rings. The third-order valence-electron chi connectivity index (χ3n) is 4.25. The van der Waals surface area contributed by atoms with Crippen LogP contribution in [0.5, 0.6) is 0 Å². The van der Waals surface area contributed by atoms with Crippen LogP contribution in [0.15, 0.2) is 41.5 Å². The number of benzene rings is 1. The molecule has 3 atom stereocenters. The molecular weight excluding hydrogens is 244 g/mol. The number of rotatable bonds is 5. The Bertz CT molecular complexity index is 537. The lowest BCUT2D eigenvalue weighted by Crippen LogP contribution is -2.14. The van der Waals surface area contributed by atoms with E-state index in [1.165, 1.54) is 12.0 Å². The van der Waals surface area contributed by atoms with E-state index in [0.29, 0.717) is 17.8 Å². The van der Waals surface area contributed by atoms with Crippen molar-refractivity contribution in [3.8, 4) is 6.07 Å². The van der Waals surface area contributed by atoms with Crippen LogP contribution >= 0.6 is 0 Å². The van der Waals surface area contributed by atoms with E-state index in [1.54, 1.807) is 0 Å². The normalized spacial score (nSPS) is 20.4. The lowest BCUT2D eigenvalue weighted by atomic mass is 9.84. The summed E-state index contributed by atoms with van der Waals surface area (Å²) in [7, 11) is 0. The van der Waals surface area contributed by atoms with E-state index in [-0.39, 0.29) is 0 Å². The number of hydrogen-bond donors (Lipinski definition) is 0. The molecule has 3 unspecified atom stereocenters. The van der Waals surface area contributed by atoms with E-state index in [4.69, 9.17) is 5.26 Å². The highest BCUT2D eigenvalue weighted by Gasteiger charge is 2.17. The van der Waals surface area contributed by atoms with Crippen molar-refractivity contribution >= 4 is 6.21 Å². The Morgan fingerprint density at radius 2 is 2.20 bits per heavy atom. The average molecular weight is 266 g/mol. The smallest absolute Gasteiger partial charge is 0.0991 e. The molecule has 104 valence electrons. The molecule has 0 aromatic heterocycles. The molecule has 0 aliphatic carbocycles. The molecule has 0 amide bonds. The molecule has 1 aromatic rings. The van der Waals surface area contributed by atoms with Gasteiger partial charge in [0.15, 0.2) is 0 Å². The summed E-state index contributed by atoms with van der Waals surface area (Å²) in [5.41, 5.74) is 2.03. The maximum atomic E-state index is 8.96. The number of hydrogen-bond acceptors (Lipinski definition) is 2. The zero-order chi connectivity index (χ0) is 14.4. The third kappa shape index (κ3) is 3.81. The summed E-state index contributed by atoms with van der Waals surface area (Å²) in [4.78, 5) is 4.25. The minimum absolute atomic E-state index is 0.502. The van der Waals surface area contributed by atoms with Gasteiger partial charge in [-0.1, -0.05) is 32.1 Å². The molecule has 1 aliphatic heterocycles. The Labute approximate surface area is 121 Å². The van der Waals surface area contributed by atoms with Crippen molar-refractivity contribution in [3.63, 3.8) is 0 Å². The highest BCUT2D eigenvalue weighted by atomic mass is 14.7. The third-order valence-corrected chi connectivity index (χ3v) is 4.25. The van der Waals surface area contributed by atoms with E-state index >= 15 is 0 Å². The van der Waals surface area contributed by atoms with Gasteiger partial charge in [-0.15, -0.1) is 0 Å². The Kier molecular flexibility index (Phi) is 5.12. The van der Waals surface area contributed by atoms with Crippen molar-refractivity contribution in [2.75, 3.05) is 0 Å². The van der Waals surface area contributed by atoms with Crippen molar-refractivity contribution < 1.29 is 0 Å². The molecular formula is C18H22N2. The average Bonchev–Trinajstić information content (AvgIpc) is 2.53. The van der Waals surface area contributed by atoms with E-state index in [9.17, 15) is 0 Å². The van der Waals surface area contributed by atoms with Crippen LogP contribution in [0.1, 0.15) is 50.2 Å². The SMILES string of the molecule is CC(CCC(C)C1C=NC=CC1)c1cccc(C#N)c1. The van der Waals surface area contributed by atoms with Gasteiger partial charge in [-0.05, 0) is 48.8 Å². The van der Waals surface area contributed by atoms with Crippen molar-refractivity contribution in [1.82, 2.24) is 0 Å². The van der Waals surface area contributed by atoms with Crippen molar-refractivity contribution in [2.45, 2.75) is 39.0 Å². The molecule has 0 spiro atoms. The van der Waals surface area contributed by atoms with Crippen LogP contribution < -0.4 is 0 Å². The topological polar surface area (TPSA) is 36.1 Å². The fraction of sp³-hybridized carbons (Fsp3) is 0.444. The molecule has 0 radical (unpaired) electrons. The van der Waals surface area contributed by atoms with Gasteiger partial charge in [-0.3, -0.25) is 4.99 Å². The fourth-order valence-corrected chi connectivity index (χ4v) is 2.69. The second-order valence-corrected chi connectivity index (χ2v) is 5.78. The second kappa shape index (κ2) is 7.05. The van der Waals surface area contributed by atoms with Crippen LogP contribution in [0.3, 0.4) is 0 Å². The molecule has 1 heterocycles. The van der Waals surface area contributed by atoms with Crippen LogP contribution in [0.2, 0.25) is 0 Å². The first-order valence-electron chi connectivity index (χ1n) is 7.39. The van der Waals surface area contributed by atoms with Crippen LogP contribution in [-0.4, -0.2) is 6.21 Å². The predicted molar refractivity (Wildman–Crippen MR) is 83.7 cm³/mol. The zero-order valence-corrected chi connectivity index (χ0v) is 12.3. The maximum Gasteiger partial charge on any atom is 0.0991 e.